The van der Waals surface area contributed by atoms with Crippen LogP contribution in [-0.2, 0) is 4.74 Å². The first-order chi connectivity index (χ1) is 7.31. The standard InChI is InChI=1S/C8H7F3N2O3/c1-15-7(14)4-2-5(12)13-6(3-4)16-8(9,10)11/h2-3H,1H3,(H2,12,13). The third kappa shape index (κ3) is 3.30. The average molecular weight is 236 g/mol. The van der Waals surface area contributed by atoms with Gasteiger partial charge in [-0.15, -0.1) is 13.2 Å². The fraction of sp³-hybridized carbons (Fsp3) is 0.250. The van der Waals surface area contributed by atoms with Crippen molar-refractivity contribution in [1.82, 2.24) is 4.98 Å². The summed E-state index contributed by atoms with van der Waals surface area (Å²) in [7, 11) is 1.09. The minimum Gasteiger partial charge on any atom is -0.465 e. The normalized spacial score (nSPS) is 11.0. The Morgan fingerprint density at radius 2 is 2.06 bits per heavy atom. The molecule has 1 aromatic heterocycles. The fourth-order valence-electron chi connectivity index (χ4n) is 0.932. The molecule has 0 fully saturated rings. The van der Waals surface area contributed by atoms with Crippen molar-refractivity contribution in [2.45, 2.75) is 6.36 Å². The second kappa shape index (κ2) is 4.25. The van der Waals surface area contributed by atoms with Gasteiger partial charge in [0.2, 0.25) is 5.88 Å². The van der Waals surface area contributed by atoms with Gasteiger partial charge in [0.25, 0.3) is 0 Å². The molecule has 0 amide bonds. The first kappa shape index (κ1) is 12.1. The Kier molecular flexibility index (Phi) is 3.21. The molecule has 0 radical (unpaired) electrons. The predicted octanol–water partition coefficient (Wildman–Crippen LogP) is 1.35. The van der Waals surface area contributed by atoms with Crippen molar-refractivity contribution in [3.8, 4) is 5.88 Å². The van der Waals surface area contributed by atoms with Crippen molar-refractivity contribution >= 4 is 11.8 Å². The quantitative estimate of drug-likeness (QED) is 0.784. The number of nitrogens with two attached hydrogens (primary N) is 1. The minimum absolute atomic E-state index is 0.172. The van der Waals surface area contributed by atoms with Crippen molar-refractivity contribution in [1.29, 1.82) is 0 Å². The Morgan fingerprint density at radius 3 is 2.56 bits per heavy atom. The molecule has 0 saturated carbocycles. The number of hydrogen-bond acceptors (Lipinski definition) is 5. The molecular weight excluding hydrogens is 229 g/mol. The number of hydrogen-bond donors (Lipinski definition) is 1. The summed E-state index contributed by atoms with van der Waals surface area (Å²) in [6.07, 6.45) is -4.89. The number of carbonyl (C=O) groups excluding carboxylic acids is 1. The van der Waals surface area contributed by atoms with Gasteiger partial charge in [0.15, 0.2) is 0 Å². The van der Waals surface area contributed by atoms with Crippen molar-refractivity contribution in [2.75, 3.05) is 12.8 Å². The molecule has 1 rings (SSSR count). The first-order valence-corrected chi connectivity index (χ1v) is 3.93. The summed E-state index contributed by atoms with van der Waals surface area (Å²) in [5, 5.41) is 0. The van der Waals surface area contributed by atoms with Crippen molar-refractivity contribution in [3.05, 3.63) is 17.7 Å². The molecule has 8 heteroatoms. The molecule has 0 unspecified atom stereocenters. The Hall–Kier alpha value is -1.99. The summed E-state index contributed by atoms with van der Waals surface area (Å²) in [4.78, 5) is 14.3. The van der Waals surface area contributed by atoms with E-state index in [1.165, 1.54) is 0 Å². The van der Waals surface area contributed by atoms with Gasteiger partial charge in [0.1, 0.15) is 5.82 Å². The number of nitrogens with zero attached hydrogens (tertiary/aromatic N) is 1. The highest BCUT2D eigenvalue weighted by molar-refractivity contribution is 5.90. The van der Waals surface area contributed by atoms with Crippen molar-refractivity contribution in [2.24, 2.45) is 0 Å². The minimum atomic E-state index is -4.89. The van der Waals surface area contributed by atoms with E-state index in [2.05, 4.69) is 14.5 Å². The maximum absolute atomic E-state index is 11.9. The van der Waals surface area contributed by atoms with E-state index in [0.717, 1.165) is 19.2 Å². The van der Waals surface area contributed by atoms with Crippen LogP contribution in [-0.4, -0.2) is 24.4 Å². The van der Waals surface area contributed by atoms with Gasteiger partial charge in [-0.1, -0.05) is 0 Å². The van der Waals surface area contributed by atoms with Crippen molar-refractivity contribution < 1.29 is 27.4 Å². The Balaban J connectivity index is 3.03. The maximum atomic E-state index is 11.9. The number of alkyl halides is 3. The van der Waals surface area contributed by atoms with Gasteiger partial charge in [0.05, 0.1) is 12.7 Å². The van der Waals surface area contributed by atoms with Gasteiger partial charge in [-0.3, -0.25) is 0 Å². The lowest BCUT2D eigenvalue weighted by molar-refractivity contribution is -0.276. The second-order valence-corrected chi connectivity index (χ2v) is 2.66. The predicted molar refractivity (Wildman–Crippen MR) is 46.7 cm³/mol. The van der Waals surface area contributed by atoms with Gasteiger partial charge >= 0.3 is 12.3 Å². The van der Waals surface area contributed by atoms with E-state index in [-0.39, 0.29) is 11.4 Å². The summed E-state index contributed by atoms with van der Waals surface area (Å²) < 4.78 is 43.4. The van der Waals surface area contributed by atoms with Crippen molar-refractivity contribution in [3.63, 3.8) is 0 Å². The number of aromatic nitrogens is 1. The van der Waals surface area contributed by atoms with Gasteiger partial charge in [-0.05, 0) is 6.07 Å². The third-order valence-electron chi connectivity index (χ3n) is 1.46. The molecule has 88 valence electrons. The number of rotatable bonds is 2. The van der Waals surface area contributed by atoms with Crippen LogP contribution in [0.15, 0.2) is 12.1 Å². The van der Waals surface area contributed by atoms with Crippen LogP contribution in [0.3, 0.4) is 0 Å². The Morgan fingerprint density at radius 1 is 1.44 bits per heavy atom. The summed E-state index contributed by atoms with van der Waals surface area (Å²) in [5.41, 5.74) is 5.03. The highest BCUT2D eigenvalue weighted by Gasteiger charge is 2.32. The number of pyridine rings is 1. The van der Waals surface area contributed by atoms with Crippen LogP contribution < -0.4 is 10.5 Å². The Bertz CT molecular complexity index is 406. The van der Waals surface area contributed by atoms with E-state index >= 15 is 0 Å². The zero-order valence-corrected chi connectivity index (χ0v) is 8.04. The maximum Gasteiger partial charge on any atom is 0.574 e. The summed E-state index contributed by atoms with van der Waals surface area (Å²) in [6.45, 7) is 0. The third-order valence-corrected chi connectivity index (χ3v) is 1.46. The molecule has 0 aliphatic heterocycles. The summed E-state index contributed by atoms with van der Waals surface area (Å²) in [6, 6.07) is 1.87. The number of halogens is 3. The van der Waals surface area contributed by atoms with E-state index in [1.54, 1.807) is 0 Å². The molecular formula is C8H7F3N2O3. The lowest BCUT2D eigenvalue weighted by atomic mass is 10.2. The zero-order valence-electron chi connectivity index (χ0n) is 8.04. The average Bonchev–Trinajstić information content (AvgIpc) is 2.12. The molecule has 2 N–H and O–H groups in total. The van der Waals surface area contributed by atoms with Crippen LogP contribution in [0.1, 0.15) is 10.4 Å². The van der Waals surface area contributed by atoms with E-state index < -0.39 is 18.2 Å². The van der Waals surface area contributed by atoms with Crippen LogP contribution >= 0.6 is 0 Å². The molecule has 0 saturated heterocycles. The number of anilines is 1. The lowest BCUT2D eigenvalue weighted by Gasteiger charge is -2.09. The lowest BCUT2D eigenvalue weighted by Crippen LogP contribution is -2.18. The van der Waals surface area contributed by atoms with E-state index in [1.807, 2.05) is 0 Å². The molecule has 0 bridgehead atoms. The number of ether oxygens (including phenoxy) is 2. The highest BCUT2D eigenvalue weighted by atomic mass is 19.4. The largest absolute Gasteiger partial charge is 0.574 e. The van der Waals surface area contributed by atoms with E-state index in [0.29, 0.717) is 0 Å². The first-order valence-electron chi connectivity index (χ1n) is 3.93. The monoisotopic (exact) mass is 236 g/mol. The molecule has 0 aromatic carbocycles. The van der Waals surface area contributed by atoms with Crippen LogP contribution in [0.5, 0.6) is 5.88 Å². The van der Waals surface area contributed by atoms with Gasteiger partial charge < -0.3 is 15.2 Å². The zero-order chi connectivity index (χ0) is 12.3. The smallest absolute Gasteiger partial charge is 0.465 e. The number of methoxy groups -OCH3 is 1. The molecule has 1 aromatic rings. The molecule has 0 aliphatic carbocycles. The van der Waals surface area contributed by atoms with Gasteiger partial charge in [-0.25, -0.2) is 4.79 Å². The summed E-state index contributed by atoms with van der Waals surface area (Å²) >= 11 is 0. The molecule has 16 heavy (non-hydrogen) atoms. The number of nitrogen functional groups attached to an aromatic ring is 1. The number of esters is 1. The Labute approximate surface area is 88.0 Å². The van der Waals surface area contributed by atoms with E-state index in [4.69, 9.17) is 5.73 Å². The molecule has 0 aliphatic rings. The van der Waals surface area contributed by atoms with Crippen LogP contribution in [0.4, 0.5) is 19.0 Å². The SMILES string of the molecule is COC(=O)c1cc(N)nc(OC(F)(F)F)c1. The van der Waals surface area contributed by atoms with Crippen LogP contribution in [0.25, 0.3) is 0 Å². The fourth-order valence-corrected chi connectivity index (χ4v) is 0.932. The highest BCUT2D eigenvalue weighted by Crippen LogP contribution is 2.23. The van der Waals surface area contributed by atoms with Gasteiger partial charge in [-0.2, -0.15) is 4.98 Å². The molecule has 0 atom stereocenters. The number of carbonyl (C=O) groups is 1. The molecule has 5 nitrogen and oxygen atoms in total. The van der Waals surface area contributed by atoms with Gasteiger partial charge in [0, 0.05) is 6.07 Å². The second-order valence-electron chi connectivity index (χ2n) is 2.66. The molecule has 1 heterocycles. The van der Waals surface area contributed by atoms with Crippen LogP contribution in [0.2, 0.25) is 0 Å². The summed E-state index contributed by atoms with van der Waals surface area (Å²) in [5.74, 6) is -1.92. The molecule has 0 spiro atoms. The van der Waals surface area contributed by atoms with Crippen LogP contribution in [0, 0.1) is 0 Å². The topological polar surface area (TPSA) is 74.4 Å². The van der Waals surface area contributed by atoms with E-state index in [9.17, 15) is 18.0 Å².